The van der Waals surface area contributed by atoms with Crippen LogP contribution in [-0.4, -0.2) is 11.9 Å². The topological polar surface area (TPSA) is 20.3 Å². The van der Waals surface area contributed by atoms with Crippen LogP contribution in [0.2, 0.25) is 0 Å². The monoisotopic (exact) mass is 283 g/mol. The summed E-state index contributed by atoms with van der Waals surface area (Å²) in [7, 11) is 0. The van der Waals surface area contributed by atoms with Crippen molar-refractivity contribution in [1.29, 1.82) is 0 Å². The van der Waals surface area contributed by atoms with Gasteiger partial charge in [0.15, 0.2) is 0 Å². The van der Waals surface area contributed by atoms with Crippen molar-refractivity contribution in [3.63, 3.8) is 0 Å². The van der Waals surface area contributed by atoms with Crippen LogP contribution in [0.1, 0.15) is 30.1 Å². The SMILES string of the molecule is CC(C1CC1)N(C(=O)c1cccc(F)c1)c1ccccc1. The van der Waals surface area contributed by atoms with Crippen LogP contribution in [0.5, 0.6) is 0 Å². The molecule has 0 saturated heterocycles. The van der Waals surface area contributed by atoms with Gasteiger partial charge in [-0.3, -0.25) is 4.79 Å². The van der Waals surface area contributed by atoms with Crippen molar-refractivity contribution in [1.82, 2.24) is 0 Å². The molecule has 2 aromatic rings. The molecule has 108 valence electrons. The molecule has 1 fully saturated rings. The third-order valence-electron chi connectivity index (χ3n) is 4.04. The van der Waals surface area contributed by atoms with E-state index in [0.717, 1.165) is 18.5 Å². The second-order valence-corrected chi connectivity index (χ2v) is 5.60. The predicted octanol–water partition coefficient (Wildman–Crippen LogP) is 4.27. The third kappa shape index (κ3) is 2.97. The second-order valence-electron chi connectivity index (χ2n) is 5.60. The summed E-state index contributed by atoms with van der Waals surface area (Å²) in [6, 6.07) is 15.6. The Balaban J connectivity index is 1.96. The highest BCUT2D eigenvalue weighted by molar-refractivity contribution is 6.06. The van der Waals surface area contributed by atoms with E-state index < -0.39 is 0 Å². The third-order valence-corrected chi connectivity index (χ3v) is 4.04. The molecule has 0 bridgehead atoms. The molecule has 2 nitrogen and oxygen atoms in total. The Morgan fingerprint density at radius 2 is 1.86 bits per heavy atom. The average Bonchev–Trinajstić information content (AvgIpc) is 3.33. The maximum atomic E-state index is 13.4. The lowest BCUT2D eigenvalue weighted by molar-refractivity contribution is 0.0975. The molecule has 3 heteroatoms. The molecule has 1 atom stereocenters. The van der Waals surface area contributed by atoms with Gasteiger partial charge in [-0.05, 0) is 56.0 Å². The molecule has 1 saturated carbocycles. The van der Waals surface area contributed by atoms with Gasteiger partial charge in [0.05, 0.1) is 0 Å². The molecule has 1 amide bonds. The van der Waals surface area contributed by atoms with Crippen LogP contribution in [0.3, 0.4) is 0 Å². The van der Waals surface area contributed by atoms with Crippen molar-refractivity contribution in [2.75, 3.05) is 4.90 Å². The molecule has 0 aromatic heterocycles. The van der Waals surface area contributed by atoms with E-state index in [4.69, 9.17) is 0 Å². The number of halogens is 1. The predicted molar refractivity (Wildman–Crippen MR) is 81.8 cm³/mol. The largest absolute Gasteiger partial charge is 0.305 e. The molecule has 21 heavy (non-hydrogen) atoms. The molecule has 0 aliphatic heterocycles. The number of hydrogen-bond donors (Lipinski definition) is 0. The summed E-state index contributed by atoms with van der Waals surface area (Å²) in [6.45, 7) is 2.07. The Hall–Kier alpha value is -2.16. The highest BCUT2D eigenvalue weighted by atomic mass is 19.1. The van der Waals surface area contributed by atoms with Gasteiger partial charge in [0.25, 0.3) is 5.91 Å². The lowest BCUT2D eigenvalue weighted by Crippen LogP contribution is -2.40. The van der Waals surface area contributed by atoms with E-state index >= 15 is 0 Å². The number of rotatable bonds is 4. The summed E-state index contributed by atoms with van der Waals surface area (Å²) < 4.78 is 13.4. The number of carbonyl (C=O) groups is 1. The Labute approximate surface area is 124 Å². The lowest BCUT2D eigenvalue weighted by Gasteiger charge is -2.29. The van der Waals surface area contributed by atoms with Crippen LogP contribution in [0.4, 0.5) is 10.1 Å². The number of para-hydroxylation sites is 1. The van der Waals surface area contributed by atoms with E-state index in [2.05, 4.69) is 6.92 Å². The molecule has 0 heterocycles. The summed E-state index contributed by atoms with van der Waals surface area (Å²) in [6.07, 6.45) is 2.31. The Kier molecular flexibility index (Phi) is 3.74. The summed E-state index contributed by atoms with van der Waals surface area (Å²) in [5.41, 5.74) is 1.26. The number of nitrogens with zero attached hydrogens (tertiary/aromatic N) is 1. The first-order valence-electron chi connectivity index (χ1n) is 7.31. The van der Waals surface area contributed by atoms with Gasteiger partial charge < -0.3 is 4.90 Å². The molecular weight excluding hydrogens is 265 g/mol. The lowest BCUT2D eigenvalue weighted by atomic mass is 10.1. The minimum atomic E-state index is -0.382. The number of benzene rings is 2. The highest BCUT2D eigenvalue weighted by Gasteiger charge is 2.35. The first-order chi connectivity index (χ1) is 10.2. The number of hydrogen-bond acceptors (Lipinski definition) is 1. The van der Waals surface area contributed by atoms with Crippen LogP contribution in [-0.2, 0) is 0 Å². The molecule has 0 N–H and O–H groups in total. The fourth-order valence-corrected chi connectivity index (χ4v) is 2.68. The fourth-order valence-electron chi connectivity index (χ4n) is 2.68. The van der Waals surface area contributed by atoms with Crippen LogP contribution < -0.4 is 4.90 Å². The van der Waals surface area contributed by atoms with Gasteiger partial charge in [0, 0.05) is 17.3 Å². The second kappa shape index (κ2) is 5.68. The van der Waals surface area contributed by atoms with E-state index in [1.54, 1.807) is 17.0 Å². The van der Waals surface area contributed by atoms with Crippen LogP contribution in [0, 0.1) is 11.7 Å². The highest BCUT2D eigenvalue weighted by Crippen LogP contribution is 2.37. The van der Waals surface area contributed by atoms with Gasteiger partial charge in [0.2, 0.25) is 0 Å². The van der Waals surface area contributed by atoms with E-state index in [9.17, 15) is 9.18 Å². The molecule has 2 aromatic carbocycles. The number of anilines is 1. The van der Waals surface area contributed by atoms with Crippen molar-refractivity contribution >= 4 is 11.6 Å². The molecule has 1 aliphatic rings. The minimum absolute atomic E-state index is 0.128. The first kappa shape index (κ1) is 13.8. The van der Waals surface area contributed by atoms with Crippen LogP contribution >= 0.6 is 0 Å². The van der Waals surface area contributed by atoms with Crippen LogP contribution in [0.25, 0.3) is 0 Å². The average molecular weight is 283 g/mol. The van der Waals surface area contributed by atoms with E-state index in [0.29, 0.717) is 11.5 Å². The quantitative estimate of drug-likeness (QED) is 0.820. The number of carbonyl (C=O) groups excluding carboxylic acids is 1. The van der Waals surface area contributed by atoms with E-state index in [1.165, 1.54) is 12.1 Å². The van der Waals surface area contributed by atoms with Gasteiger partial charge in [-0.15, -0.1) is 0 Å². The van der Waals surface area contributed by atoms with E-state index in [1.807, 2.05) is 30.3 Å². The normalized spacial score (nSPS) is 15.5. The van der Waals surface area contributed by atoms with Crippen molar-refractivity contribution < 1.29 is 9.18 Å². The first-order valence-corrected chi connectivity index (χ1v) is 7.31. The molecule has 1 unspecified atom stereocenters. The van der Waals surface area contributed by atoms with Crippen molar-refractivity contribution in [2.45, 2.75) is 25.8 Å². The van der Waals surface area contributed by atoms with Gasteiger partial charge in [0.1, 0.15) is 5.82 Å². The Morgan fingerprint density at radius 1 is 1.14 bits per heavy atom. The van der Waals surface area contributed by atoms with Gasteiger partial charge in [-0.25, -0.2) is 4.39 Å². The summed E-state index contributed by atoms with van der Waals surface area (Å²) in [5, 5.41) is 0. The Morgan fingerprint density at radius 3 is 2.48 bits per heavy atom. The summed E-state index contributed by atoms with van der Waals surface area (Å²) in [4.78, 5) is 14.6. The summed E-state index contributed by atoms with van der Waals surface area (Å²) in [5.74, 6) is 0.0238. The fraction of sp³-hybridized carbons (Fsp3) is 0.278. The molecular formula is C18H18FNO. The molecule has 0 radical (unpaired) electrons. The van der Waals surface area contributed by atoms with Crippen molar-refractivity contribution in [3.05, 3.63) is 66.0 Å². The zero-order valence-electron chi connectivity index (χ0n) is 12.0. The zero-order chi connectivity index (χ0) is 14.8. The van der Waals surface area contributed by atoms with Crippen LogP contribution in [0.15, 0.2) is 54.6 Å². The smallest absolute Gasteiger partial charge is 0.258 e. The zero-order valence-corrected chi connectivity index (χ0v) is 12.0. The van der Waals surface area contributed by atoms with Gasteiger partial charge >= 0.3 is 0 Å². The van der Waals surface area contributed by atoms with Gasteiger partial charge in [-0.1, -0.05) is 24.3 Å². The van der Waals surface area contributed by atoms with Gasteiger partial charge in [-0.2, -0.15) is 0 Å². The van der Waals surface area contributed by atoms with Crippen molar-refractivity contribution in [2.24, 2.45) is 5.92 Å². The summed E-state index contributed by atoms with van der Waals surface area (Å²) >= 11 is 0. The molecule has 3 rings (SSSR count). The van der Waals surface area contributed by atoms with E-state index in [-0.39, 0.29) is 17.8 Å². The Bertz CT molecular complexity index is 637. The molecule has 0 spiro atoms. The maximum Gasteiger partial charge on any atom is 0.258 e. The standard InChI is InChI=1S/C18H18FNO/c1-13(14-10-11-14)20(17-8-3-2-4-9-17)18(21)15-6-5-7-16(19)12-15/h2-9,12-14H,10-11H2,1H3. The molecule has 1 aliphatic carbocycles. The maximum absolute atomic E-state index is 13.4. The van der Waals surface area contributed by atoms with Crippen molar-refractivity contribution in [3.8, 4) is 0 Å². The number of amides is 1. The minimum Gasteiger partial charge on any atom is -0.305 e.